The maximum absolute atomic E-state index is 11.7. The summed E-state index contributed by atoms with van der Waals surface area (Å²) in [5.41, 5.74) is 2.22. The molecular formula is C38H44IrNO2Se-. The largest absolute Gasteiger partial charge is 0 e. The number of allylic oxidation sites excluding steroid dienone is 2. The van der Waals surface area contributed by atoms with Gasteiger partial charge in [-0.2, -0.15) is 0 Å². The fraction of sp³-hybridized carbons (Fsp3) is 0.368. The molecule has 229 valence electrons. The van der Waals surface area contributed by atoms with Gasteiger partial charge >= 0.3 is 174 Å². The molecule has 0 aliphatic carbocycles. The van der Waals surface area contributed by atoms with Gasteiger partial charge in [0.15, 0.2) is 5.78 Å². The Balaban J connectivity index is 0.000000347. The molecule has 3 aromatic carbocycles. The van der Waals surface area contributed by atoms with Gasteiger partial charge in [-0.15, -0.1) is 0 Å². The predicted molar refractivity (Wildman–Crippen MR) is 181 cm³/mol. The second-order valence-corrected chi connectivity index (χ2v) is 13.7. The van der Waals surface area contributed by atoms with Crippen LogP contribution in [0.25, 0.3) is 41.3 Å². The summed E-state index contributed by atoms with van der Waals surface area (Å²) in [6.07, 6.45) is 4.70. The first kappa shape index (κ1) is 26.8. The molecule has 0 fully saturated rings. The van der Waals surface area contributed by atoms with Crippen molar-refractivity contribution in [3.63, 3.8) is 0 Å². The summed E-state index contributed by atoms with van der Waals surface area (Å²) in [5.74, 6) is 0.547. The average Bonchev–Trinajstić information content (AvgIpc) is 3.46. The Morgan fingerprint density at radius 1 is 0.977 bits per heavy atom. The van der Waals surface area contributed by atoms with Crippen molar-refractivity contribution in [1.29, 1.82) is 0 Å². The van der Waals surface area contributed by atoms with Crippen LogP contribution < -0.4 is 0 Å². The molecule has 0 aliphatic heterocycles. The van der Waals surface area contributed by atoms with Crippen LogP contribution in [0.3, 0.4) is 0 Å². The van der Waals surface area contributed by atoms with Gasteiger partial charge in [-0.3, -0.25) is 4.79 Å². The van der Waals surface area contributed by atoms with E-state index in [4.69, 9.17) is 8.22 Å². The molecule has 0 unspecified atom stereocenters. The van der Waals surface area contributed by atoms with Crippen molar-refractivity contribution in [2.45, 2.75) is 79.6 Å². The molecule has 5 aromatic rings. The van der Waals surface area contributed by atoms with Crippen molar-refractivity contribution < 1.29 is 38.2 Å². The number of rotatable bonds is 8. The van der Waals surface area contributed by atoms with Gasteiger partial charge in [0.2, 0.25) is 0 Å². The summed E-state index contributed by atoms with van der Waals surface area (Å²) < 4.78 is 51.2. The molecule has 5 rings (SSSR count). The van der Waals surface area contributed by atoms with Crippen molar-refractivity contribution in [3.8, 4) is 11.3 Å². The molecule has 43 heavy (non-hydrogen) atoms. The first-order valence-corrected chi connectivity index (χ1v) is 16.5. The van der Waals surface area contributed by atoms with E-state index in [0.717, 1.165) is 46.3 Å². The Hall–Kier alpha value is -2.55. The smallest absolute Gasteiger partial charge is 0 e. The van der Waals surface area contributed by atoms with Crippen molar-refractivity contribution >= 4 is 50.4 Å². The van der Waals surface area contributed by atoms with E-state index in [1.165, 1.54) is 6.08 Å². The van der Waals surface area contributed by atoms with Crippen LogP contribution in [0.5, 0.6) is 0 Å². The molecule has 1 N–H and O–H groups in total. The first-order valence-electron chi connectivity index (χ1n) is 17.8. The first-order chi connectivity index (χ1) is 22.6. The fourth-order valence-electron chi connectivity index (χ4n) is 5.24. The molecule has 0 aliphatic rings. The van der Waals surface area contributed by atoms with Crippen molar-refractivity contribution in [2.24, 2.45) is 11.8 Å². The van der Waals surface area contributed by atoms with E-state index in [2.05, 4.69) is 37.9 Å². The summed E-state index contributed by atoms with van der Waals surface area (Å²) in [4.78, 5) is 16.2. The van der Waals surface area contributed by atoms with E-state index in [1.807, 2.05) is 52.0 Å². The third-order valence-electron chi connectivity index (χ3n) is 7.82. The predicted octanol–water partition coefficient (Wildman–Crippen LogP) is 10.2. The van der Waals surface area contributed by atoms with E-state index in [9.17, 15) is 9.90 Å². The standard InChI is InChI=1S/C25H20NSe.C13H24O2.Ir/c1-25(2,3)21-15-17(14-16-8-4-5-9-18(16)21)23-24-20(12-13-26-23)19-10-6-7-11-22(19)27-24;1-5-10(6-2)12(14)9-13(15)11(7-3)8-4;/h4-13,15H,1-3H3;9-11,14H,5-8H2,1-4H3;/q-1;;/b;12-9-;/i6D,7D,10D,11D,12D,13D;;. The topological polar surface area (TPSA) is 50.2 Å². The second-order valence-electron chi connectivity index (χ2n) is 11.6. The zero-order chi connectivity index (χ0) is 35.7. The number of nitrogens with zero attached hydrogens (tertiary/aromatic N) is 1. The van der Waals surface area contributed by atoms with Crippen LogP contribution in [0.2, 0.25) is 0 Å². The monoisotopic (exact) mass is 825 g/mol. The zero-order valence-corrected chi connectivity index (χ0v) is 30.1. The number of carbonyl (C=O) groups is 1. The third kappa shape index (κ3) is 7.94. The van der Waals surface area contributed by atoms with Crippen molar-refractivity contribution in [1.82, 2.24) is 4.98 Å². The third-order valence-corrected chi connectivity index (χ3v) is 10.2. The quantitative estimate of drug-likeness (QED) is 0.0734. The number of aliphatic hydroxyl groups is 1. The minimum atomic E-state index is -0.478. The summed E-state index contributed by atoms with van der Waals surface area (Å²) in [7, 11) is 0. The van der Waals surface area contributed by atoms with Gasteiger partial charge in [-0.1, -0.05) is 27.7 Å². The van der Waals surface area contributed by atoms with Crippen LogP contribution in [0.4, 0.5) is 0 Å². The number of carbonyl (C=O) groups excluding carboxylic acids is 1. The van der Waals surface area contributed by atoms with Gasteiger partial charge in [0.25, 0.3) is 0 Å². The van der Waals surface area contributed by atoms with Gasteiger partial charge in [0.05, 0.1) is 5.76 Å². The SMILES string of the molecule is CCC(CC)C(=O)/C=C(\O)C(CC)CC.[2H]c1nc(-c2[c-]c3ccccc3c(C(C)(C)C)c2)c2[se]c3c([2H])c([2H])c([2H])c([2H])c3c2c1[2H].[Ir]. The molecule has 1 radical (unpaired) electrons. The molecular weight excluding hydrogens is 774 g/mol. The number of pyridine rings is 1. The maximum Gasteiger partial charge on any atom is 0 e. The Labute approximate surface area is 285 Å². The number of ketones is 1. The van der Waals surface area contributed by atoms with E-state index in [0.29, 0.717) is 26.3 Å². The van der Waals surface area contributed by atoms with Gasteiger partial charge in [0, 0.05) is 38.0 Å². The number of hydrogen-bond donors (Lipinski definition) is 1. The zero-order valence-electron chi connectivity index (χ0n) is 32.0. The number of aromatic nitrogens is 1. The Morgan fingerprint density at radius 3 is 2.28 bits per heavy atom. The molecule has 0 saturated carbocycles. The number of fused-ring (bicyclic) bond motifs is 4. The fourth-order valence-corrected chi connectivity index (χ4v) is 7.48. The van der Waals surface area contributed by atoms with Crippen LogP contribution in [0, 0.1) is 17.9 Å². The van der Waals surface area contributed by atoms with E-state index < -0.39 is 14.5 Å². The molecule has 0 spiro atoms. The molecule has 0 atom stereocenters. The van der Waals surface area contributed by atoms with Gasteiger partial charge in [-0.25, -0.2) is 0 Å². The molecule has 5 heteroatoms. The Morgan fingerprint density at radius 2 is 1.63 bits per heavy atom. The van der Waals surface area contributed by atoms with Crippen LogP contribution in [-0.2, 0) is 30.3 Å². The van der Waals surface area contributed by atoms with E-state index >= 15 is 0 Å². The van der Waals surface area contributed by atoms with Crippen molar-refractivity contribution in [2.75, 3.05) is 0 Å². The Kier molecular flexibility index (Phi) is 9.63. The molecule has 2 aromatic heterocycles. The molecule has 0 bridgehead atoms. The molecule has 3 nitrogen and oxygen atoms in total. The van der Waals surface area contributed by atoms with Crippen LogP contribution in [0.15, 0.2) is 78.6 Å². The second kappa shape index (κ2) is 15.4. The van der Waals surface area contributed by atoms with Gasteiger partial charge in [0.1, 0.15) is 0 Å². The normalized spacial score (nSPS) is 14.0. The van der Waals surface area contributed by atoms with Crippen molar-refractivity contribution in [3.05, 3.63) is 90.2 Å². The average molecular weight is 824 g/mol. The molecule has 0 saturated heterocycles. The van der Waals surface area contributed by atoms with E-state index in [-0.39, 0.29) is 85.3 Å². The maximum atomic E-state index is 11.7. The van der Waals surface area contributed by atoms with Gasteiger partial charge in [-0.05, 0) is 25.7 Å². The number of hydrogen-bond acceptors (Lipinski definition) is 3. The molecule has 0 amide bonds. The van der Waals surface area contributed by atoms with Crippen LogP contribution >= 0.6 is 0 Å². The Bertz CT molecular complexity index is 2030. The van der Waals surface area contributed by atoms with E-state index in [1.54, 1.807) is 0 Å². The summed E-state index contributed by atoms with van der Waals surface area (Å²) >= 11 is -0.478. The van der Waals surface area contributed by atoms with Crippen LogP contribution in [0.1, 0.15) is 87.9 Å². The van der Waals surface area contributed by atoms with Gasteiger partial charge < -0.3 is 5.11 Å². The van der Waals surface area contributed by atoms with Crippen LogP contribution in [-0.4, -0.2) is 30.4 Å². The minimum absolute atomic E-state index is 0. The molecule has 2 heterocycles. The summed E-state index contributed by atoms with van der Waals surface area (Å²) in [5, 5.41) is 12.5. The number of benzene rings is 3. The summed E-state index contributed by atoms with van der Waals surface area (Å²) in [6, 6.07) is 12.6. The summed E-state index contributed by atoms with van der Waals surface area (Å²) in [6.45, 7) is 14.5. The number of aliphatic hydroxyl groups excluding tert-OH is 1. The minimum Gasteiger partial charge on any atom is 0 e.